The van der Waals surface area contributed by atoms with E-state index in [1.807, 2.05) is 26.0 Å². The van der Waals surface area contributed by atoms with Crippen LogP contribution in [0.3, 0.4) is 0 Å². The Morgan fingerprint density at radius 1 is 1.03 bits per heavy atom. The average Bonchev–Trinajstić information content (AvgIpc) is 3.22. The summed E-state index contributed by atoms with van der Waals surface area (Å²) in [5.74, 6) is 1.01. The molecule has 3 aromatic carbocycles. The van der Waals surface area contributed by atoms with Crippen LogP contribution in [0.25, 0.3) is 22.6 Å². The molecule has 0 bridgehead atoms. The summed E-state index contributed by atoms with van der Waals surface area (Å²) in [5.41, 5.74) is 4.81. The first-order valence-corrected chi connectivity index (χ1v) is 11.0. The fourth-order valence-corrected chi connectivity index (χ4v) is 4.01. The fourth-order valence-electron chi connectivity index (χ4n) is 3.80. The number of ether oxygens (including phenoxy) is 2. The Morgan fingerprint density at radius 2 is 1.82 bits per heavy atom. The third kappa shape index (κ3) is 4.25. The molecular weight excluding hydrogens is 454 g/mol. The van der Waals surface area contributed by atoms with Crippen LogP contribution in [0, 0.1) is 13.8 Å². The smallest absolute Gasteiger partial charge is 0.257 e. The summed E-state index contributed by atoms with van der Waals surface area (Å²) in [6, 6.07) is 13.8. The van der Waals surface area contributed by atoms with Gasteiger partial charge in [-0.1, -0.05) is 6.07 Å². The van der Waals surface area contributed by atoms with Gasteiger partial charge < -0.3 is 24.3 Å². The number of anilines is 1. The first-order valence-electron chi connectivity index (χ1n) is 10.6. The monoisotopic (exact) mass is 475 g/mol. The SMILES string of the molecule is Cc1cc(C)c2oc(-c3ccc(NC(=S)NC(=O)c4ccc5c(c4)OCCO5)cc3O)nc2c1. The zero-order valence-electron chi connectivity index (χ0n) is 18.5. The van der Waals surface area contributed by atoms with Gasteiger partial charge in [0.25, 0.3) is 5.91 Å². The summed E-state index contributed by atoms with van der Waals surface area (Å²) in [5, 5.41) is 16.2. The van der Waals surface area contributed by atoms with E-state index in [-0.39, 0.29) is 10.9 Å². The molecule has 1 aliphatic rings. The lowest BCUT2D eigenvalue weighted by molar-refractivity contribution is 0.0976. The molecule has 0 spiro atoms. The van der Waals surface area contributed by atoms with Gasteiger partial charge >= 0.3 is 0 Å². The number of carbonyl (C=O) groups excluding carboxylic acids is 1. The Balaban J connectivity index is 1.29. The van der Waals surface area contributed by atoms with Crippen molar-refractivity contribution in [3.8, 4) is 28.7 Å². The van der Waals surface area contributed by atoms with Gasteiger partial charge in [0, 0.05) is 17.3 Å². The van der Waals surface area contributed by atoms with E-state index in [0.717, 1.165) is 16.6 Å². The second-order valence-electron chi connectivity index (χ2n) is 7.95. The normalized spacial score (nSPS) is 12.4. The molecule has 0 fully saturated rings. The number of aromatic hydroxyl groups is 1. The van der Waals surface area contributed by atoms with E-state index in [0.29, 0.717) is 53.0 Å². The van der Waals surface area contributed by atoms with Crippen LogP contribution in [0.1, 0.15) is 21.5 Å². The molecule has 3 N–H and O–H groups in total. The largest absolute Gasteiger partial charge is 0.507 e. The summed E-state index contributed by atoms with van der Waals surface area (Å²) in [7, 11) is 0. The van der Waals surface area contributed by atoms with Crippen molar-refractivity contribution in [1.82, 2.24) is 10.3 Å². The molecule has 0 radical (unpaired) electrons. The highest BCUT2D eigenvalue weighted by Crippen LogP contribution is 2.34. The number of hydrogen-bond donors (Lipinski definition) is 3. The maximum atomic E-state index is 12.6. The number of carbonyl (C=O) groups is 1. The molecule has 0 unspecified atom stereocenters. The van der Waals surface area contributed by atoms with E-state index in [1.165, 1.54) is 6.07 Å². The molecule has 1 aliphatic heterocycles. The molecule has 0 atom stereocenters. The number of aromatic nitrogens is 1. The highest BCUT2D eigenvalue weighted by molar-refractivity contribution is 7.80. The van der Waals surface area contributed by atoms with Gasteiger partial charge in [-0.25, -0.2) is 4.98 Å². The van der Waals surface area contributed by atoms with E-state index in [1.54, 1.807) is 30.3 Å². The van der Waals surface area contributed by atoms with Gasteiger partial charge in [-0.05, 0) is 73.6 Å². The Bertz CT molecular complexity index is 1450. The van der Waals surface area contributed by atoms with Crippen molar-refractivity contribution in [2.24, 2.45) is 0 Å². The first-order chi connectivity index (χ1) is 16.4. The highest BCUT2D eigenvalue weighted by Gasteiger charge is 2.17. The topological polar surface area (TPSA) is 106 Å². The molecule has 1 aromatic heterocycles. The summed E-state index contributed by atoms with van der Waals surface area (Å²) < 4.78 is 16.9. The summed E-state index contributed by atoms with van der Waals surface area (Å²) >= 11 is 5.26. The van der Waals surface area contributed by atoms with Crippen molar-refractivity contribution in [3.63, 3.8) is 0 Å². The molecule has 5 rings (SSSR count). The molecule has 2 heterocycles. The lowest BCUT2D eigenvalue weighted by Gasteiger charge is -2.18. The molecule has 34 heavy (non-hydrogen) atoms. The molecule has 0 saturated heterocycles. The minimum atomic E-state index is -0.396. The van der Waals surface area contributed by atoms with Crippen LogP contribution in [0.5, 0.6) is 17.2 Å². The number of phenolic OH excluding ortho intramolecular Hbond substituents is 1. The first kappa shape index (κ1) is 21.7. The van der Waals surface area contributed by atoms with Crippen LogP contribution < -0.4 is 20.1 Å². The number of benzene rings is 3. The second-order valence-corrected chi connectivity index (χ2v) is 8.36. The van der Waals surface area contributed by atoms with E-state index in [9.17, 15) is 9.90 Å². The Hall–Kier alpha value is -4.11. The van der Waals surface area contributed by atoms with Crippen LogP contribution in [0.4, 0.5) is 5.69 Å². The molecule has 9 heteroatoms. The summed E-state index contributed by atoms with van der Waals surface area (Å²) in [6.45, 7) is 4.86. The molecule has 4 aromatic rings. The Labute approximate surface area is 200 Å². The van der Waals surface area contributed by atoms with Crippen molar-refractivity contribution in [2.75, 3.05) is 18.5 Å². The van der Waals surface area contributed by atoms with Crippen molar-refractivity contribution in [2.45, 2.75) is 13.8 Å². The van der Waals surface area contributed by atoms with Crippen molar-refractivity contribution < 1.29 is 23.8 Å². The number of oxazole rings is 1. The Morgan fingerprint density at radius 3 is 2.62 bits per heavy atom. The lowest BCUT2D eigenvalue weighted by Crippen LogP contribution is -2.34. The fraction of sp³-hybridized carbons (Fsp3) is 0.160. The van der Waals surface area contributed by atoms with Crippen LogP contribution >= 0.6 is 12.2 Å². The lowest BCUT2D eigenvalue weighted by atomic mass is 10.1. The molecule has 1 amide bonds. The van der Waals surface area contributed by atoms with Crippen molar-refractivity contribution in [3.05, 3.63) is 65.2 Å². The van der Waals surface area contributed by atoms with E-state index < -0.39 is 5.91 Å². The van der Waals surface area contributed by atoms with Gasteiger partial charge in [0.05, 0.1) is 5.56 Å². The number of nitrogens with one attached hydrogen (secondary N) is 2. The van der Waals surface area contributed by atoms with E-state index in [2.05, 4.69) is 15.6 Å². The van der Waals surface area contributed by atoms with Gasteiger partial charge in [-0.15, -0.1) is 0 Å². The third-order valence-corrected chi connectivity index (χ3v) is 5.54. The number of phenols is 1. The zero-order valence-corrected chi connectivity index (χ0v) is 19.3. The molecule has 0 aliphatic carbocycles. The quantitative estimate of drug-likeness (QED) is 0.366. The summed E-state index contributed by atoms with van der Waals surface area (Å²) in [6.07, 6.45) is 0. The molecule has 8 nitrogen and oxygen atoms in total. The zero-order chi connectivity index (χ0) is 23.8. The predicted octanol–water partition coefficient (Wildman–Crippen LogP) is 4.72. The number of nitrogens with zero attached hydrogens (tertiary/aromatic N) is 1. The van der Waals surface area contributed by atoms with Crippen molar-refractivity contribution in [1.29, 1.82) is 0 Å². The van der Waals surface area contributed by atoms with Gasteiger partial charge in [0.15, 0.2) is 22.2 Å². The van der Waals surface area contributed by atoms with Crippen LogP contribution in [-0.2, 0) is 0 Å². The number of amides is 1. The summed E-state index contributed by atoms with van der Waals surface area (Å²) in [4.78, 5) is 17.1. The average molecular weight is 476 g/mol. The van der Waals surface area contributed by atoms with Gasteiger partial charge in [-0.2, -0.15) is 0 Å². The second kappa shape index (κ2) is 8.68. The maximum absolute atomic E-state index is 12.6. The highest BCUT2D eigenvalue weighted by atomic mass is 32.1. The Kier molecular flexibility index (Phi) is 5.54. The third-order valence-electron chi connectivity index (χ3n) is 5.34. The van der Waals surface area contributed by atoms with Crippen LogP contribution in [0.15, 0.2) is 52.9 Å². The maximum Gasteiger partial charge on any atom is 0.257 e. The minimum Gasteiger partial charge on any atom is -0.507 e. The van der Waals surface area contributed by atoms with Gasteiger partial charge in [0.1, 0.15) is 24.5 Å². The predicted molar refractivity (Wildman–Crippen MR) is 132 cm³/mol. The van der Waals surface area contributed by atoms with E-state index in [4.69, 9.17) is 26.1 Å². The number of fused-ring (bicyclic) bond motifs is 2. The number of aryl methyl sites for hydroxylation is 2. The number of rotatable bonds is 3. The standard InChI is InChI=1S/C25H21N3O5S/c1-13-9-14(2)22-18(10-13)27-24(33-22)17-5-4-16(12-19(17)29)26-25(34)28-23(30)15-3-6-20-21(11-15)32-8-7-31-20/h3-6,9-12,29H,7-8H2,1-2H3,(H2,26,28,30,34). The van der Waals surface area contributed by atoms with Crippen LogP contribution in [0.2, 0.25) is 0 Å². The van der Waals surface area contributed by atoms with Gasteiger partial charge in [0.2, 0.25) is 5.89 Å². The van der Waals surface area contributed by atoms with Crippen LogP contribution in [-0.4, -0.2) is 34.3 Å². The molecule has 0 saturated carbocycles. The number of hydrogen-bond acceptors (Lipinski definition) is 7. The number of thiocarbonyl (C=S) groups is 1. The minimum absolute atomic E-state index is 0.0353. The molecular formula is C25H21N3O5S. The molecule has 172 valence electrons. The van der Waals surface area contributed by atoms with Gasteiger partial charge in [-0.3, -0.25) is 10.1 Å². The van der Waals surface area contributed by atoms with Crippen molar-refractivity contribution >= 4 is 40.0 Å². The van der Waals surface area contributed by atoms with E-state index >= 15 is 0 Å².